The Morgan fingerprint density at radius 2 is 1.75 bits per heavy atom. The van der Waals surface area contributed by atoms with E-state index in [0.29, 0.717) is 11.3 Å². The molecule has 1 nitrogen and oxygen atoms in total. The standard InChI is InChI=1S/C11H23N/c1-7-10(11(3,4)5)9-12(6)8-2/h6,10H,7-9H2,1-5H3. The second-order valence-corrected chi connectivity index (χ2v) is 4.56. The average Bonchev–Trinajstić information content (AvgIpc) is 1.97. The molecule has 1 unspecified atom stereocenters. The molecule has 0 aliphatic carbocycles. The van der Waals surface area contributed by atoms with Crippen LogP contribution in [0.5, 0.6) is 0 Å². The van der Waals surface area contributed by atoms with Crippen LogP contribution in [0.25, 0.3) is 0 Å². The third kappa shape index (κ3) is 4.10. The molecule has 0 heterocycles. The van der Waals surface area contributed by atoms with Gasteiger partial charge in [-0.15, -0.1) is 0 Å². The zero-order valence-corrected chi connectivity index (χ0v) is 9.22. The van der Waals surface area contributed by atoms with Gasteiger partial charge in [-0.2, -0.15) is 0 Å². The van der Waals surface area contributed by atoms with E-state index in [2.05, 4.69) is 34.6 Å². The molecule has 0 aromatic carbocycles. The monoisotopic (exact) mass is 169 g/mol. The van der Waals surface area contributed by atoms with E-state index >= 15 is 0 Å². The SMILES string of the molecule is [CH]N(CC)CC(CC)C(C)(C)C. The van der Waals surface area contributed by atoms with Crippen molar-refractivity contribution < 1.29 is 0 Å². The molecular formula is C11H23N. The normalized spacial score (nSPS) is 15.2. The Bertz CT molecular complexity index is 113. The van der Waals surface area contributed by atoms with Gasteiger partial charge in [0.1, 0.15) is 0 Å². The summed E-state index contributed by atoms with van der Waals surface area (Å²) in [7, 11) is 5.78. The zero-order valence-electron chi connectivity index (χ0n) is 9.22. The highest BCUT2D eigenvalue weighted by Crippen LogP contribution is 2.28. The van der Waals surface area contributed by atoms with Gasteiger partial charge in [0.25, 0.3) is 0 Å². The fourth-order valence-corrected chi connectivity index (χ4v) is 1.43. The minimum absolute atomic E-state index is 0.377. The first-order valence-electron chi connectivity index (χ1n) is 4.91. The summed E-state index contributed by atoms with van der Waals surface area (Å²) in [6.07, 6.45) is 1.21. The van der Waals surface area contributed by atoms with Crippen molar-refractivity contribution in [3.63, 3.8) is 0 Å². The molecule has 0 aliphatic rings. The minimum atomic E-state index is 0.377. The molecule has 2 radical (unpaired) electrons. The zero-order chi connectivity index (χ0) is 9.78. The van der Waals surface area contributed by atoms with Crippen LogP contribution in [-0.2, 0) is 0 Å². The van der Waals surface area contributed by atoms with Crippen molar-refractivity contribution in [3.8, 4) is 0 Å². The van der Waals surface area contributed by atoms with Crippen LogP contribution in [0.2, 0.25) is 0 Å². The summed E-state index contributed by atoms with van der Waals surface area (Å²) in [5.74, 6) is 0.697. The van der Waals surface area contributed by atoms with Crippen molar-refractivity contribution in [1.82, 2.24) is 4.90 Å². The molecule has 72 valence electrons. The van der Waals surface area contributed by atoms with Crippen LogP contribution < -0.4 is 0 Å². The molecule has 0 saturated heterocycles. The van der Waals surface area contributed by atoms with Crippen molar-refractivity contribution in [3.05, 3.63) is 7.05 Å². The first kappa shape index (κ1) is 12.0. The van der Waals surface area contributed by atoms with Crippen molar-refractivity contribution in [2.45, 2.75) is 41.0 Å². The predicted octanol–water partition coefficient (Wildman–Crippen LogP) is 3.05. The van der Waals surface area contributed by atoms with Gasteiger partial charge < -0.3 is 0 Å². The molecule has 1 atom stereocenters. The van der Waals surface area contributed by atoms with E-state index in [-0.39, 0.29) is 0 Å². The average molecular weight is 169 g/mol. The van der Waals surface area contributed by atoms with E-state index < -0.39 is 0 Å². The van der Waals surface area contributed by atoms with Gasteiger partial charge in [0.15, 0.2) is 0 Å². The molecule has 0 fully saturated rings. The second-order valence-electron chi connectivity index (χ2n) is 4.56. The Balaban J connectivity index is 4.00. The maximum Gasteiger partial charge on any atom is 0.0438 e. The third-order valence-corrected chi connectivity index (χ3v) is 2.58. The van der Waals surface area contributed by atoms with Gasteiger partial charge in [-0.05, 0) is 17.9 Å². The van der Waals surface area contributed by atoms with Crippen LogP contribution >= 0.6 is 0 Å². The maximum atomic E-state index is 5.78. The molecule has 1 heteroatoms. The van der Waals surface area contributed by atoms with Crippen molar-refractivity contribution in [1.29, 1.82) is 0 Å². The van der Waals surface area contributed by atoms with Crippen molar-refractivity contribution >= 4 is 0 Å². The van der Waals surface area contributed by atoms with E-state index in [9.17, 15) is 0 Å². The summed E-state index contributed by atoms with van der Waals surface area (Å²) < 4.78 is 0. The highest BCUT2D eigenvalue weighted by atomic mass is 15.1. The van der Waals surface area contributed by atoms with Crippen LogP contribution in [0, 0.1) is 18.4 Å². The molecule has 0 rings (SSSR count). The first-order chi connectivity index (χ1) is 5.41. The molecule has 0 aromatic rings. The van der Waals surface area contributed by atoms with E-state index in [1.54, 1.807) is 0 Å². The van der Waals surface area contributed by atoms with Crippen LogP contribution in [0.1, 0.15) is 41.0 Å². The molecule has 0 spiro atoms. The molecule has 12 heavy (non-hydrogen) atoms. The van der Waals surface area contributed by atoms with Crippen molar-refractivity contribution in [2.75, 3.05) is 13.1 Å². The van der Waals surface area contributed by atoms with E-state index in [0.717, 1.165) is 13.1 Å². The lowest BCUT2D eigenvalue weighted by Crippen LogP contribution is -2.31. The Morgan fingerprint density at radius 1 is 1.25 bits per heavy atom. The summed E-state index contributed by atoms with van der Waals surface area (Å²) in [6.45, 7) is 13.1. The Labute approximate surface area is 78.1 Å². The summed E-state index contributed by atoms with van der Waals surface area (Å²) in [6, 6.07) is 0. The van der Waals surface area contributed by atoms with Crippen LogP contribution in [0.15, 0.2) is 0 Å². The summed E-state index contributed by atoms with van der Waals surface area (Å²) in [5, 5.41) is 0. The number of hydrogen-bond donors (Lipinski definition) is 0. The van der Waals surface area contributed by atoms with Gasteiger partial charge in [0.2, 0.25) is 0 Å². The maximum absolute atomic E-state index is 5.78. The van der Waals surface area contributed by atoms with Crippen LogP contribution in [0.3, 0.4) is 0 Å². The van der Waals surface area contributed by atoms with Crippen LogP contribution in [-0.4, -0.2) is 18.0 Å². The van der Waals surface area contributed by atoms with E-state index in [4.69, 9.17) is 7.05 Å². The third-order valence-electron chi connectivity index (χ3n) is 2.58. The minimum Gasteiger partial charge on any atom is -0.297 e. The Hall–Kier alpha value is -0.0400. The molecule has 0 aromatic heterocycles. The van der Waals surface area contributed by atoms with Gasteiger partial charge in [-0.1, -0.05) is 41.0 Å². The number of hydrogen-bond acceptors (Lipinski definition) is 1. The second kappa shape index (κ2) is 4.86. The lowest BCUT2D eigenvalue weighted by Gasteiger charge is -2.32. The topological polar surface area (TPSA) is 3.24 Å². The molecule has 0 N–H and O–H groups in total. The first-order valence-corrected chi connectivity index (χ1v) is 4.91. The summed E-state index contributed by atoms with van der Waals surface area (Å²) in [4.78, 5) is 1.90. The molecule has 0 saturated carbocycles. The molecule has 0 amide bonds. The van der Waals surface area contributed by atoms with Gasteiger partial charge in [0.05, 0.1) is 0 Å². The van der Waals surface area contributed by atoms with E-state index in [1.165, 1.54) is 6.42 Å². The highest BCUT2D eigenvalue weighted by Gasteiger charge is 2.23. The summed E-state index contributed by atoms with van der Waals surface area (Å²) >= 11 is 0. The number of rotatable bonds is 4. The van der Waals surface area contributed by atoms with Gasteiger partial charge in [0, 0.05) is 13.6 Å². The van der Waals surface area contributed by atoms with Crippen LogP contribution in [0.4, 0.5) is 0 Å². The largest absolute Gasteiger partial charge is 0.297 e. The molecule has 0 bridgehead atoms. The Morgan fingerprint density at radius 3 is 2.00 bits per heavy atom. The summed E-state index contributed by atoms with van der Waals surface area (Å²) in [5.41, 5.74) is 0.377. The fraction of sp³-hybridized carbons (Fsp3) is 0.909. The van der Waals surface area contributed by atoms with Gasteiger partial charge in [-0.3, -0.25) is 4.90 Å². The van der Waals surface area contributed by atoms with Gasteiger partial charge >= 0.3 is 0 Å². The fourth-order valence-electron chi connectivity index (χ4n) is 1.43. The lowest BCUT2D eigenvalue weighted by atomic mass is 9.79. The Kier molecular flexibility index (Phi) is 4.84. The van der Waals surface area contributed by atoms with E-state index in [1.807, 2.05) is 4.90 Å². The highest BCUT2D eigenvalue weighted by molar-refractivity contribution is 4.75. The molecular weight excluding hydrogens is 146 g/mol. The quantitative estimate of drug-likeness (QED) is 0.585. The molecule has 0 aliphatic heterocycles. The smallest absolute Gasteiger partial charge is 0.0438 e. The lowest BCUT2D eigenvalue weighted by molar-refractivity contribution is 0.177. The van der Waals surface area contributed by atoms with Crippen molar-refractivity contribution in [2.24, 2.45) is 11.3 Å². The predicted molar refractivity (Wildman–Crippen MR) is 54.8 cm³/mol. The van der Waals surface area contributed by atoms with Gasteiger partial charge in [-0.25, -0.2) is 0 Å². The number of nitrogens with zero attached hydrogens (tertiary/aromatic N) is 1.